The lowest BCUT2D eigenvalue weighted by Crippen LogP contribution is -2.34. The van der Waals surface area contributed by atoms with Gasteiger partial charge in [0.05, 0.1) is 28.9 Å². The number of pyridine rings is 1. The number of rotatable bonds is 5. The minimum Gasteiger partial charge on any atom is -0.367 e. The summed E-state index contributed by atoms with van der Waals surface area (Å²) in [5.41, 5.74) is 0.467. The van der Waals surface area contributed by atoms with E-state index in [0.29, 0.717) is 40.7 Å². The van der Waals surface area contributed by atoms with Crippen molar-refractivity contribution in [3.05, 3.63) is 89.5 Å². The molecule has 1 atom stereocenters. The van der Waals surface area contributed by atoms with Gasteiger partial charge in [-0.1, -0.05) is 12.1 Å². The molecule has 1 N–H and O–H groups in total. The molecule has 4 aromatic rings. The largest absolute Gasteiger partial charge is 0.418 e. The quantitative estimate of drug-likeness (QED) is 0.238. The van der Waals surface area contributed by atoms with E-state index >= 15 is 0 Å². The minimum absolute atomic E-state index is 0.212. The summed E-state index contributed by atoms with van der Waals surface area (Å²) in [6.45, 7) is 1.25. The van der Waals surface area contributed by atoms with E-state index < -0.39 is 23.5 Å². The van der Waals surface area contributed by atoms with E-state index in [2.05, 4.69) is 21.3 Å². The number of benzene rings is 2. The minimum atomic E-state index is -4.59. The molecule has 1 aliphatic carbocycles. The number of aromatic nitrogens is 3. The highest BCUT2D eigenvalue weighted by Crippen LogP contribution is 2.38. The number of nitrogens with one attached hydrogen (secondary N) is 1. The van der Waals surface area contributed by atoms with Crippen LogP contribution in [0.1, 0.15) is 49.1 Å². The van der Waals surface area contributed by atoms with Crippen LogP contribution < -0.4 is 5.32 Å². The number of likely N-dealkylation sites (tertiary alicyclic amines) is 1. The first kappa shape index (κ1) is 28.0. The van der Waals surface area contributed by atoms with Gasteiger partial charge in [0.2, 0.25) is 0 Å². The van der Waals surface area contributed by atoms with E-state index in [9.17, 15) is 26.3 Å². The van der Waals surface area contributed by atoms with Crippen LogP contribution in [0.4, 0.5) is 37.8 Å². The first-order chi connectivity index (χ1) is 20.1. The Morgan fingerprint density at radius 2 is 1.67 bits per heavy atom. The second kappa shape index (κ2) is 10.9. The average molecular weight is 584 g/mol. The van der Waals surface area contributed by atoms with Crippen molar-refractivity contribution in [2.75, 3.05) is 11.9 Å². The first-order valence-electron chi connectivity index (χ1n) is 13.8. The van der Waals surface area contributed by atoms with Crippen LogP contribution in [-0.4, -0.2) is 26.4 Å². The van der Waals surface area contributed by atoms with Crippen LogP contribution in [0.3, 0.4) is 0 Å². The van der Waals surface area contributed by atoms with Crippen molar-refractivity contribution in [2.24, 2.45) is 5.92 Å². The third-order valence-corrected chi connectivity index (χ3v) is 7.81. The molecule has 1 aliphatic heterocycles. The normalized spacial score (nSPS) is 17.6. The van der Waals surface area contributed by atoms with Gasteiger partial charge in [-0.15, -0.1) is 0 Å². The monoisotopic (exact) mass is 583 g/mol. The fourth-order valence-electron chi connectivity index (χ4n) is 5.84. The zero-order chi connectivity index (χ0) is 29.5. The van der Waals surface area contributed by atoms with Gasteiger partial charge >= 0.3 is 12.4 Å². The van der Waals surface area contributed by atoms with Crippen LogP contribution in [0.15, 0.2) is 72.6 Å². The Kier molecular flexibility index (Phi) is 7.28. The fourth-order valence-corrected chi connectivity index (χ4v) is 5.84. The molecule has 42 heavy (non-hydrogen) atoms. The molecule has 1 saturated heterocycles. The predicted octanol–water partition coefficient (Wildman–Crippen LogP) is 8.75. The summed E-state index contributed by atoms with van der Waals surface area (Å²) in [6, 6.07) is 11.5. The Balaban J connectivity index is 1.42. The van der Waals surface area contributed by atoms with Crippen LogP contribution in [0.5, 0.6) is 0 Å². The Morgan fingerprint density at radius 3 is 2.43 bits per heavy atom. The number of allylic oxidation sites excluding steroid dienone is 2. The molecule has 2 aliphatic rings. The number of anilines is 2. The highest BCUT2D eigenvalue weighted by Gasteiger charge is 2.34. The molecule has 0 bridgehead atoms. The van der Waals surface area contributed by atoms with Gasteiger partial charge in [-0.2, -0.15) is 26.3 Å². The van der Waals surface area contributed by atoms with Gasteiger partial charge in [-0.25, -0.2) is 9.97 Å². The van der Waals surface area contributed by atoms with E-state index in [-0.39, 0.29) is 11.3 Å². The Morgan fingerprint density at radius 1 is 0.881 bits per heavy atom. The van der Waals surface area contributed by atoms with Crippen molar-refractivity contribution in [1.29, 1.82) is 0 Å². The van der Waals surface area contributed by atoms with E-state index in [1.54, 1.807) is 12.1 Å². The lowest BCUT2D eigenvalue weighted by atomic mass is 9.85. The molecule has 1 unspecified atom stereocenters. The maximum absolute atomic E-state index is 13.8. The van der Waals surface area contributed by atoms with Gasteiger partial charge in [-0.3, -0.25) is 4.98 Å². The van der Waals surface area contributed by atoms with Crippen molar-refractivity contribution < 1.29 is 26.3 Å². The second-order valence-electron chi connectivity index (χ2n) is 10.6. The smallest absolute Gasteiger partial charge is 0.367 e. The Labute approximate surface area is 238 Å². The van der Waals surface area contributed by atoms with Gasteiger partial charge in [0.15, 0.2) is 5.82 Å². The van der Waals surface area contributed by atoms with Crippen LogP contribution in [0.2, 0.25) is 0 Å². The summed E-state index contributed by atoms with van der Waals surface area (Å²) < 4.78 is 80.6. The highest BCUT2D eigenvalue weighted by atomic mass is 19.4. The SMILES string of the molecule is FC(F)(F)c1ccc(Nc2nc(CN3CCCC4CCCC=C43)nc3cc(-c4ncccc4C(F)(F)F)ccc23)cc1. The summed E-state index contributed by atoms with van der Waals surface area (Å²) in [4.78, 5) is 15.8. The zero-order valence-electron chi connectivity index (χ0n) is 22.4. The maximum Gasteiger partial charge on any atom is 0.418 e. The molecule has 2 aromatic heterocycles. The van der Waals surface area contributed by atoms with Crippen molar-refractivity contribution in [1.82, 2.24) is 19.9 Å². The van der Waals surface area contributed by atoms with E-state index in [0.717, 1.165) is 56.8 Å². The summed E-state index contributed by atoms with van der Waals surface area (Å²) in [6.07, 6.45) is -0.00416. The molecule has 0 saturated carbocycles. The van der Waals surface area contributed by atoms with Crippen molar-refractivity contribution in [2.45, 2.75) is 51.0 Å². The molecule has 6 rings (SSSR count). The molecule has 0 radical (unpaired) electrons. The van der Waals surface area contributed by atoms with E-state index in [1.807, 2.05) is 0 Å². The molecular weight excluding hydrogens is 556 g/mol. The standard InChI is InChI=1S/C31H27F6N5/c32-30(33,34)21-10-12-22(13-11-21)39-29-23-14-9-20(28-24(31(35,36)37)7-3-15-38-28)17-25(23)40-27(41-29)18-42-16-4-6-19-5-1-2-8-26(19)42/h3,7-15,17,19H,1-2,4-6,16,18H2,(H,39,40,41). The third-order valence-electron chi connectivity index (χ3n) is 7.81. The average Bonchev–Trinajstić information content (AvgIpc) is 2.96. The lowest BCUT2D eigenvalue weighted by Gasteiger charge is -2.39. The second-order valence-corrected chi connectivity index (χ2v) is 10.6. The number of piperidine rings is 1. The molecule has 2 aromatic carbocycles. The predicted molar refractivity (Wildman–Crippen MR) is 148 cm³/mol. The molecular formula is C31H27F6N5. The maximum atomic E-state index is 13.8. The number of hydrogen-bond donors (Lipinski definition) is 1. The van der Waals surface area contributed by atoms with Crippen molar-refractivity contribution in [3.63, 3.8) is 0 Å². The number of alkyl halides is 6. The summed E-state index contributed by atoms with van der Waals surface area (Å²) in [5, 5.41) is 3.62. The molecule has 0 spiro atoms. The topological polar surface area (TPSA) is 53.9 Å². The van der Waals surface area contributed by atoms with Crippen molar-refractivity contribution >= 4 is 22.4 Å². The van der Waals surface area contributed by atoms with Crippen LogP contribution in [0.25, 0.3) is 22.2 Å². The van der Waals surface area contributed by atoms with E-state index in [1.165, 1.54) is 36.2 Å². The molecule has 0 amide bonds. The van der Waals surface area contributed by atoms with Crippen molar-refractivity contribution in [3.8, 4) is 11.3 Å². The Bertz CT molecular complexity index is 1630. The molecule has 1 fully saturated rings. The number of fused-ring (bicyclic) bond motifs is 2. The molecule has 11 heteroatoms. The fraction of sp³-hybridized carbons (Fsp3) is 0.323. The van der Waals surface area contributed by atoms with Gasteiger partial charge in [0.1, 0.15) is 5.82 Å². The third kappa shape index (κ3) is 5.77. The van der Waals surface area contributed by atoms with Crippen LogP contribution in [-0.2, 0) is 18.9 Å². The van der Waals surface area contributed by atoms with Crippen LogP contribution in [0, 0.1) is 5.92 Å². The number of halogens is 6. The summed E-state index contributed by atoms with van der Waals surface area (Å²) >= 11 is 0. The van der Waals surface area contributed by atoms with Gasteiger partial charge < -0.3 is 10.2 Å². The number of hydrogen-bond acceptors (Lipinski definition) is 5. The molecule has 3 heterocycles. The van der Waals surface area contributed by atoms with Gasteiger partial charge in [0, 0.05) is 35.1 Å². The lowest BCUT2D eigenvalue weighted by molar-refractivity contribution is -0.138. The van der Waals surface area contributed by atoms with Gasteiger partial charge in [0.25, 0.3) is 0 Å². The highest BCUT2D eigenvalue weighted by molar-refractivity contribution is 5.93. The summed E-state index contributed by atoms with van der Waals surface area (Å²) in [5.74, 6) is 1.30. The Hall–Kier alpha value is -4.15. The first-order valence-corrected chi connectivity index (χ1v) is 13.8. The zero-order valence-corrected chi connectivity index (χ0v) is 22.4. The van der Waals surface area contributed by atoms with Crippen LogP contribution >= 0.6 is 0 Å². The number of nitrogens with zero attached hydrogens (tertiary/aromatic N) is 4. The summed E-state index contributed by atoms with van der Waals surface area (Å²) in [7, 11) is 0. The van der Waals surface area contributed by atoms with Gasteiger partial charge in [-0.05, 0) is 86.6 Å². The molecule has 5 nitrogen and oxygen atoms in total. The van der Waals surface area contributed by atoms with E-state index in [4.69, 9.17) is 9.97 Å². The molecule has 218 valence electrons.